The van der Waals surface area contributed by atoms with E-state index in [9.17, 15) is 9.59 Å². The van der Waals surface area contributed by atoms with E-state index >= 15 is 0 Å². The summed E-state index contributed by atoms with van der Waals surface area (Å²) in [7, 11) is 1.33. The third-order valence-corrected chi connectivity index (χ3v) is 4.17. The Bertz CT molecular complexity index is 911. The van der Waals surface area contributed by atoms with Crippen molar-refractivity contribution in [3.8, 4) is 0 Å². The van der Waals surface area contributed by atoms with Gasteiger partial charge >= 0.3 is 5.97 Å². The van der Waals surface area contributed by atoms with Crippen LogP contribution in [0, 0.1) is 0 Å². The number of methoxy groups -OCH3 is 1. The minimum absolute atomic E-state index is 0.102. The van der Waals surface area contributed by atoms with Crippen LogP contribution >= 0.6 is 0 Å². The molecule has 0 spiro atoms. The molecule has 0 saturated heterocycles. The Kier molecular flexibility index (Phi) is 4.80. The van der Waals surface area contributed by atoms with Crippen LogP contribution in [0.3, 0.4) is 0 Å². The molecule has 126 valence electrons. The molecule has 25 heavy (non-hydrogen) atoms. The zero-order chi connectivity index (χ0) is 17.8. The van der Waals surface area contributed by atoms with Gasteiger partial charge in [0, 0.05) is 17.5 Å². The Morgan fingerprint density at radius 3 is 2.20 bits per heavy atom. The SMILES string of the molecule is CCN(C(=O)c1ccc(C(=O)OC)cc1)c1cccc2ccccc12. The van der Waals surface area contributed by atoms with Gasteiger partial charge in [-0.25, -0.2) is 4.79 Å². The summed E-state index contributed by atoms with van der Waals surface area (Å²) in [4.78, 5) is 26.3. The summed E-state index contributed by atoms with van der Waals surface area (Å²) in [5.41, 5.74) is 1.83. The van der Waals surface area contributed by atoms with Gasteiger partial charge in [0.25, 0.3) is 5.91 Å². The van der Waals surface area contributed by atoms with Gasteiger partial charge in [0.1, 0.15) is 0 Å². The van der Waals surface area contributed by atoms with E-state index in [1.807, 2.05) is 49.4 Å². The summed E-state index contributed by atoms with van der Waals surface area (Å²) in [5, 5.41) is 2.12. The standard InChI is InChI=1S/C21H19NO3/c1-3-22(19-10-6-8-15-7-4-5-9-18(15)19)20(23)16-11-13-17(14-12-16)21(24)25-2/h4-14H,3H2,1-2H3. The van der Waals surface area contributed by atoms with Gasteiger partial charge < -0.3 is 9.64 Å². The zero-order valence-corrected chi connectivity index (χ0v) is 14.2. The highest BCUT2D eigenvalue weighted by molar-refractivity contribution is 6.11. The van der Waals surface area contributed by atoms with Crippen molar-refractivity contribution < 1.29 is 14.3 Å². The number of benzene rings is 3. The zero-order valence-electron chi connectivity index (χ0n) is 14.2. The van der Waals surface area contributed by atoms with Crippen LogP contribution in [0.25, 0.3) is 10.8 Å². The van der Waals surface area contributed by atoms with Crippen LogP contribution in [0.5, 0.6) is 0 Å². The van der Waals surface area contributed by atoms with Crippen molar-refractivity contribution in [1.29, 1.82) is 0 Å². The Labute approximate surface area is 146 Å². The summed E-state index contributed by atoms with van der Waals surface area (Å²) >= 11 is 0. The molecule has 0 unspecified atom stereocenters. The number of fused-ring (bicyclic) bond motifs is 1. The van der Waals surface area contributed by atoms with Gasteiger partial charge in [0.05, 0.1) is 18.4 Å². The van der Waals surface area contributed by atoms with Gasteiger partial charge in [-0.2, -0.15) is 0 Å². The van der Waals surface area contributed by atoms with Crippen molar-refractivity contribution in [1.82, 2.24) is 0 Å². The molecule has 0 N–H and O–H groups in total. The summed E-state index contributed by atoms with van der Waals surface area (Å²) < 4.78 is 4.69. The average molecular weight is 333 g/mol. The highest BCUT2D eigenvalue weighted by Gasteiger charge is 2.18. The van der Waals surface area contributed by atoms with Crippen molar-refractivity contribution in [2.45, 2.75) is 6.92 Å². The molecule has 0 aliphatic heterocycles. The van der Waals surface area contributed by atoms with Crippen LogP contribution < -0.4 is 4.90 Å². The lowest BCUT2D eigenvalue weighted by Gasteiger charge is -2.23. The van der Waals surface area contributed by atoms with Gasteiger partial charge in [-0.3, -0.25) is 4.79 Å². The van der Waals surface area contributed by atoms with E-state index in [4.69, 9.17) is 0 Å². The van der Waals surface area contributed by atoms with Crippen molar-refractivity contribution in [3.05, 3.63) is 77.9 Å². The number of carbonyl (C=O) groups excluding carboxylic acids is 2. The van der Waals surface area contributed by atoms with Gasteiger partial charge in [0.2, 0.25) is 0 Å². The van der Waals surface area contributed by atoms with Crippen LogP contribution in [0.15, 0.2) is 66.7 Å². The summed E-state index contributed by atoms with van der Waals surface area (Å²) in [6, 6.07) is 20.5. The molecule has 0 aromatic heterocycles. The molecule has 4 heteroatoms. The van der Waals surface area contributed by atoms with E-state index in [0.29, 0.717) is 17.7 Å². The maximum absolute atomic E-state index is 13.0. The van der Waals surface area contributed by atoms with E-state index in [0.717, 1.165) is 16.5 Å². The molecule has 3 aromatic rings. The largest absolute Gasteiger partial charge is 0.465 e. The molecule has 0 atom stereocenters. The summed E-state index contributed by atoms with van der Waals surface area (Å²) in [6.07, 6.45) is 0. The number of ether oxygens (including phenoxy) is 1. The Morgan fingerprint density at radius 1 is 0.880 bits per heavy atom. The molecule has 0 fully saturated rings. The minimum Gasteiger partial charge on any atom is -0.465 e. The minimum atomic E-state index is -0.416. The number of rotatable bonds is 4. The Morgan fingerprint density at radius 2 is 1.52 bits per heavy atom. The van der Waals surface area contributed by atoms with Gasteiger partial charge in [-0.1, -0.05) is 36.4 Å². The lowest BCUT2D eigenvalue weighted by Crippen LogP contribution is -2.30. The maximum Gasteiger partial charge on any atom is 0.337 e. The van der Waals surface area contributed by atoms with Crippen LogP contribution in [-0.2, 0) is 4.74 Å². The molecular weight excluding hydrogens is 314 g/mol. The molecule has 3 rings (SSSR count). The lowest BCUT2D eigenvalue weighted by atomic mass is 10.1. The molecular formula is C21H19NO3. The van der Waals surface area contributed by atoms with Gasteiger partial charge in [0.15, 0.2) is 0 Å². The molecule has 3 aromatic carbocycles. The Balaban J connectivity index is 1.97. The van der Waals surface area contributed by atoms with Crippen LogP contribution in [-0.4, -0.2) is 25.5 Å². The van der Waals surface area contributed by atoms with Crippen LogP contribution in [0.4, 0.5) is 5.69 Å². The Hall–Kier alpha value is -3.14. The van der Waals surface area contributed by atoms with E-state index in [2.05, 4.69) is 4.74 Å². The van der Waals surface area contributed by atoms with Crippen LogP contribution in [0.2, 0.25) is 0 Å². The van der Waals surface area contributed by atoms with Crippen molar-refractivity contribution >= 4 is 28.3 Å². The first-order valence-electron chi connectivity index (χ1n) is 8.13. The number of esters is 1. The smallest absolute Gasteiger partial charge is 0.337 e. The molecule has 0 saturated carbocycles. The fourth-order valence-electron chi connectivity index (χ4n) is 2.89. The predicted molar refractivity (Wildman–Crippen MR) is 99.1 cm³/mol. The second kappa shape index (κ2) is 7.18. The lowest BCUT2D eigenvalue weighted by molar-refractivity contribution is 0.0600. The number of nitrogens with zero attached hydrogens (tertiary/aromatic N) is 1. The first kappa shape index (κ1) is 16.7. The van der Waals surface area contributed by atoms with Crippen molar-refractivity contribution in [3.63, 3.8) is 0 Å². The molecule has 0 aliphatic rings. The quantitative estimate of drug-likeness (QED) is 0.669. The van der Waals surface area contributed by atoms with Crippen molar-refractivity contribution in [2.24, 2.45) is 0 Å². The van der Waals surface area contributed by atoms with E-state index in [1.54, 1.807) is 29.2 Å². The summed E-state index contributed by atoms with van der Waals surface area (Å²) in [6.45, 7) is 2.49. The topological polar surface area (TPSA) is 46.6 Å². The van der Waals surface area contributed by atoms with Crippen LogP contribution in [0.1, 0.15) is 27.6 Å². The highest BCUT2D eigenvalue weighted by atomic mass is 16.5. The summed E-state index contributed by atoms with van der Waals surface area (Å²) in [5.74, 6) is -0.518. The number of anilines is 1. The van der Waals surface area contributed by atoms with E-state index in [1.165, 1.54) is 7.11 Å². The third kappa shape index (κ3) is 3.24. The first-order valence-corrected chi connectivity index (χ1v) is 8.13. The van der Waals surface area contributed by atoms with E-state index < -0.39 is 5.97 Å². The number of carbonyl (C=O) groups is 2. The molecule has 0 aliphatic carbocycles. The third-order valence-electron chi connectivity index (χ3n) is 4.17. The normalized spacial score (nSPS) is 10.5. The first-order chi connectivity index (χ1) is 12.2. The van der Waals surface area contributed by atoms with Crippen molar-refractivity contribution in [2.75, 3.05) is 18.6 Å². The van der Waals surface area contributed by atoms with E-state index in [-0.39, 0.29) is 5.91 Å². The monoisotopic (exact) mass is 333 g/mol. The second-order valence-corrected chi connectivity index (χ2v) is 5.62. The highest BCUT2D eigenvalue weighted by Crippen LogP contribution is 2.27. The second-order valence-electron chi connectivity index (χ2n) is 5.62. The van der Waals surface area contributed by atoms with Gasteiger partial charge in [-0.15, -0.1) is 0 Å². The average Bonchev–Trinajstić information content (AvgIpc) is 2.68. The number of amides is 1. The molecule has 0 bridgehead atoms. The number of hydrogen-bond donors (Lipinski definition) is 0. The molecule has 1 amide bonds. The van der Waals surface area contributed by atoms with Gasteiger partial charge in [-0.05, 0) is 42.6 Å². The fraction of sp³-hybridized carbons (Fsp3) is 0.143. The fourth-order valence-corrected chi connectivity index (χ4v) is 2.89. The molecule has 0 radical (unpaired) electrons. The maximum atomic E-state index is 13.0. The number of hydrogen-bond acceptors (Lipinski definition) is 3. The predicted octanol–water partition coefficient (Wildman–Crippen LogP) is 4.29. The molecule has 0 heterocycles. The molecule has 4 nitrogen and oxygen atoms in total.